The van der Waals surface area contributed by atoms with Crippen molar-refractivity contribution in [3.8, 4) is 11.5 Å². The van der Waals surface area contributed by atoms with E-state index in [2.05, 4.69) is 100 Å². The van der Waals surface area contributed by atoms with Crippen LogP contribution in [0.25, 0.3) is 0 Å². The van der Waals surface area contributed by atoms with Gasteiger partial charge < -0.3 is 19.3 Å². The van der Waals surface area contributed by atoms with Crippen LogP contribution in [0.3, 0.4) is 0 Å². The van der Waals surface area contributed by atoms with Gasteiger partial charge >= 0.3 is 0 Å². The van der Waals surface area contributed by atoms with E-state index >= 15 is 0 Å². The lowest BCUT2D eigenvalue weighted by Gasteiger charge is -2.43. The van der Waals surface area contributed by atoms with Gasteiger partial charge in [0.1, 0.15) is 11.5 Å². The minimum absolute atomic E-state index is 0.0245. The van der Waals surface area contributed by atoms with E-state index in [0.29, 0.717) is 0 Å². The second kappa shape index (κ2) is 8.86. The van der Waals surface area contributed by atoms with Crippen molar-refractivity contribution in [2.75, 3.05) is 20.9 Å². The number of para-hydroxylation sites is 2. The van der Waals surface area contributed by atoms with Crippen LogP contribution in [-0.4, -0.2) is 30.7 Å². The maximum absolute atomic E-state index is 5.73. The molecule has 168 valence electrons. The van der Waals surface area contributed by atoms with Crippen molar-refractivity contribution >= 4 is 0 Å². The molecule has 0 N–H and O–H groups in total. The second-order valence-corrected chi connectivity index (χ2v) is 10.5. The monoisotopic (exact) mass is 422 g/mol. The summed E-state index contributed by atoms with van der Waals surface area (Å²) in [6.45, 7) is 14.6. The number of benzene rings is 2. The van der Waals surface area contributed by atoms with Gasteiger partial charge in [0.15, 0.2) is 0 Å². The molecule has 1 aliphatic heterocycles. The van der Waals surface area contributed by atoms with Gasteiger partial charge in [0.2, 0.25) is 0 Å². The van der Waals surface area contributed by atoms with Crippen molar-refractivity contribution in [2.24, 2.45) is 10.8 Å². The van der Waals surface area contributed by atoms with E-state index in [1.165, 1.54) is 11.1 Å². The smallest absolute Gasteiger partial charge is 0.124 e. The molecular weight excluding hydrogens is 384 g/mol. The third-order valence-corrected chi connectivity index (χ3v) is 5.95. The van der Waals surface area contributed by atoms with Crippen molar-refractivity contribution in [3.63, 3.8) is 0 Å². The van der Waals surface area contributed by atoms with E-state index in [1.54, 1.807) is 14.2 Å². The highest BCUT2D eigenvalue weighted by molar-refractivity contribution is 5.39. The van der Waals surface area contributed by atoms with Gasteiger partial charge in [-0.1, -0.05) is 77.9 Å². The molecule has 4 heteroatoms. The Morgan fingerprint density at radius 1 is 0.645 bits per heavy atom. The highest BCUT2D eigenvalue weighted by Gasteiger charge is 2.39. The summed E-state index contributed by atoms with van der Waals surface area (Å²) < 4.78 is 11.5. The van der Waals surface area contributed by atoms with Crippen LogP contribution in [0.1, 0.15) is 64.8 Å². The number of methoxy groups -OCH3 is 2. The Hall–Kier alpha value is -2.62. The van der Waals surface area contributed by atoms with Gasteiger partial charge in [0, 0.05) is 23.5 Å². The van der Waals surface area contributed by atoms with Crippen LogP contribution in [-0.2, 0) is 0 Å². The highest BCUT2D eigenvalue weighted by atomic mass is 16.5. The Morgan fingerprint density at radius 2 is 1.00 bits per heavy atom. The third kappa shape index (κ3) is 4.84. The van der Waals surface area contributed by atoms with E-state index in [1.807, 2.05) is 12.1 Å². The molecule has 2 aromatic carbocycles. The average molecular weight is 423 g/mol. The summed E-state index contributed by atoms with van der Waals surface area (Å²) in [5, 5.41) is 0. The maximum atomic E-state index is 5.73. The zero-order valence-corrected chi connectivity index (χ0v) is 20.3. The molecule has 3 rings (SSSR count). The summed E-state index contributed by atoms with van der Waals surface area (Å²) in [6.07, 6.45) is 4.47. The van der Waals surface area contributed by atoms with Gasteiger partial charge in [0.25, 0.3) is 0 Å². The van der Waals surface area contributed by atoms with E-state index in [4.69, 9.17) is 9.47 Å². The molecule has 1 aliphatic rings. The number of hydrogen-bond donors (Lipinski definition) is 0. The van der Waals surface area contributed by atoms with Gasteiger partial charge in [-0.25, -0.2) is 0 Å². The molecule has 1 heterocycles. The SMILES string of the molecule is COc1ccccc1[C@@H](N1C=CN([C@H](c2ccccc2OC)C(C)(C)C)C1)C(C)(C)C. The molecule has 0 radical (unpaired) electrons. The Labute approximate surface area is 188 Å². The summed E-state index contributed by atoms with van der Waals surface area (Å²) in [5.74, 6) is 1.87. The number of ether oxygens (including phenoxy) is 2. The lowest BCUT2D eigenvalue weighted by atomic mass is 9.80. The zero-order chi connectivity index (χ0) is 22.8. The Bertz CT molecular complexity index is 834. The molecule has 0 saturated heterocycles. The first kappa shape index (κ1) is 23.1. The van der Waals surface area contributed by atoms with Crippen molar-refractivity contribution in [1.29, 1.82) is 0 Å². The van der Waals surface area contributed by atoms with E-state index in [0.717, 1.165) is 18.2 Å². The topological polar surface area (TPSA) is 24.9 Å². The van der Waals surface area contributed by atoms with Gasteiger partial charge in [-0.2, -0.15) is 0 Å². The summed E-state index contributed by atoms with van der Waals surface area (Å²) in [7, 11) is 3.50. The quantitative estimate of drug-likeness (QED) is 0.522. The van der Waals surface area contributed by atoms with Crippen LogP contribution in [0.4, 0.5) is 0 Å². The lowest BCUT2D eigenvalue weighted by molar-refractivity contribution is 0.0728. The molecule has 2 atom stereocenters. The summed E-state index contributed by atoms with van der Waals surface area (Å²) >= 11 is 0. The first-order chi connectivity index (χ1) is 14.6. The summed E-state index contributed by atoms with van der Waals surface area (Å²) in [4.78, 5) is 4.87. The Kier molecular flexibility index (Phi) is 6.59. The fourth-order valence-corrected chi connectivity index (χ4v) is 4.86. The molecule has 31 heavy (non-hydrogen) atoms. The highest BCUT2D eigenvalue weighted by Crippen LogP contribution is 2.47. The van der Waals surface area contributed by atoms with E-state index in [-0.39, 0.29) is 22.9 Å². The molecule has 2 aromatic rings. The van der Waals surface area contributed by atoms with Crippen LogP contribution in [0.15, 0.2) is 60.9 Å². The average Bonchev–Trinajstić information content (AvgIpc) is 3.15. The van der Waals surface area contributed by atoms with Crippen molar-refractivity contribution in [1.82, 2.24) is 9.80 Å². The molecule has 0 bridgehead atoms. The summed E-state index contributed by atoms with van der Waals surface area (Å²) in [6, 6.07) is 17.1. The Balaban J connectivity index is 1.98. The zero-order valence-electron chi connectivity index (χ0n) is 20.3. The van der Waals surface area contributed by atoms with Gasteiger partial charge in [-0.15, -0.1) is 0 Å². The number of nitrogens with zero attached hydrogens (tertiary/aromatic N) is 2. The predicted molar refractivity (Wildman–Crippen MR) is 128 cm³/mol. The lowest BCUT2D eigenvalue weighted by Crippen LogP contribution is -2.39. The molecular formula is C27H38N2O2. The van der Waals surface area contributed by atoms with Crippen LogP contribution < -0.4 is 9.47 Å². The van der Waals surface area contributed by atoms with Crippen LogP contribution >= 0.6 is 0 Å². The maximum Gasteiger partial charge on any atom is 0.124 e. The fraction of sp³-hybridized carbons (Fsp3) is 0.481. The normalized spacial score (nSPS) is 16.4. The van der Waals surface area contributed by atoms with E-state index < -0.39 is 0 Å². The van der Waals surface area contributed by atoms with Crippen LogP contribution in [0.2, 0.25) is 0 Å². The first-order valence-corrected chi connectivity index (χ1v) is 11.0. The van der Waals surface area contributed by atoms with E-state index in [9.17, 15) is 0 Å². The standard InChI is InChI=1S/C27H38N2O2/c1-26(2,3)24(20-13-9-11-15-22(20)30-7)28-17-18-29(19-28)25(27(4,5)6)21-14-10-12-16-23(21)31-8/h9-18,24-25H,19H2,1-8H3/t24-,25-/m1/s1. The van der Waals surface area contributed by atoms with Crippen LogP contribution in [0.5, 0.6) is 11.5 Å². The second-order valence-electron chi connectivity index (χ2n) is 10.5. The molecule has 0 aliphatic carbocycles. The molecule has 0 spiro atoms. The van der Waals surface area contributed by atoms with Gasteiger partial charge in [0.05, 0.1) is 33.0 Å². The van der Waals surface area contributed by atoms with Crippen molar-refractivity contribution < 1.29 is 9.47 Å². The molecule has 0 unspecified atom stereocenters. The van der Waals surface area contributed by atoms with Gasteiger partial charge in [-0.3, -0.25) is 0 Å². The van der Waals surface area contributed by atoms with Crippen LogP contribution in [0, 0.1) is 10.8 Å². The number of rotatable bonds is 6. The molecule has 4 nitrogen and oxygen atoms in total. The molecule has 0 amide bonds. The largest absolute Gasteiger partial charge is 0.496 e. The number of hydrogen-bond acceptors (Lipinski definition) is 4. The third-order valence-electron chi connectivity index (χ3n) is 5.95. The fourth-order valence-electron chi connectivity index (χ4n) is 4.86. The molecule has 0 aromatic heterocycles. The molecule has 0 saturated carbocycles. The minimum Gasteiger partial charge on any atom is -0.496 e. The molecule has 0 fully saturated rings. The summed E-state index contributed by atoms with van der Waals surface area (Å²) in [5.41, 5.74) is 2.48. The Morgan fingerprint density at radius 3 is 1.32 bits per heavy atom. The van der Waals surface area contributed by atoms with Crippen molar-refractivity contribution in [2.45, 2.75) is 53.6 Å². The van der Waals surface area contributed by atoms with Gasteiger partial charge in [-0.05, 0) is 23.0 Å². The minimum atomic E-state index is 0.0245. The van der Waals surface area contributed by atoms with Crippen molar-refractivity contribution in [3.05, 3.63) is 72.1 Å². The predicted octanol–water partition coefficient (Wildman–Crippen LogP) is 6.62. The first-order valence-electron chi connectivity index (χ1n) is 11.0.